The summed E-state index contributed by atoms with van der Waals surface area (Å²) in [6, 6.07) is 6.93. The Morgan fingerprint density at radius 1 is 1.41 bits per heavy atom. The standard InChI is InChI=1S/C22H33N3O2/c1-5-23-21(24-15(3)17-13-14(2)7-8-18(17)26-4)25-19-16-9-12-27-20(16)22(19)10-6-11-22/h7-8,13,15-16,19-20H,5-6,9-12H2,1-4H3,(H2,23,24,25). The summed E-state index contributed by atoms with van der Waals surface area (Å²) in [5.74, 6) is 2.47. The Labute approximate surface area is 162 Å². The van der Waals surface area contributed by atoms with Crippen molar-refractivity contribution in [1.29, 1.82) is 0 Å². The van der Waals surface area contributed by atoms with Crippen molar-refractivity contribution >= 4 is 5.96 Å². The zero-order valence-electron chi connectivity index (χ0n) is 17.0. The lowest BCUT2D eigenvalue weighted by molar-refractivity contribution is -0.171. The molecule has 4 atom stereocenters. The Balaban J connectivity index is 1.49. The first-order chi connectivity index (χ1) is 13.1. The SMILES string of the molecule is CCN=C(NC(C)c1cc(C)ccc1OC)NC1C2CCOC2C12CCC2. The average Bonchev–Trinajstić information content (AvgIpc) is 3.03. The Bertz CT molecular complexity index is 714. The van der Waals surface area contributed by atoms with Crippen LogP contribution in [0.1, 0.15) is 56.7 Å². The maximum atomic E-state index is 6.06. The molecular formula is C22H33N3O2. The van der Waals surface area contributed by atoms with Gasteiger partial charge in [0, 0.05) is 36.1 Å². The van der Waals surface area contributed by atoms with Crippen LogP contribution in [0.25, 0.3) is 0 Å². The van der Waals surface area contributed by atoms with E-state index in [1.165, 1.54) is 31.2 Å². The number of ether oxygens (including phenoxy) is 2. The lowest BCUT2D eigenvalue weighted by Gasteiger charge is -2.63. The number of aliphatic imine (C=N–C) groups is 1. The van der Waals surface area contributed by atoms with E-state index in [1.54, 1.807) is 7.11 Å². The van der Waals surface area contributed by atoms with E-state index in [0.29, 0.717) is 23.5 Å². The second kappa shape index (κ2) is 7.34. The van der Waals surface area contributed by atoms with E-state index in [9.17, 15) is 0 Å². The van der Waals surface area contributed by atoms with Gasteiger partial charge in [0.1, 0.15) is 5.75 Å². The van der Waals surface area contributed by atoms with E-state index in [2.05, 4.69) is 43.5 Å². The predicted octanol–water partition coefficient (Wildman–Crippen LogP) is 3.58. The number of benzene rings is 1. The first-order valence-corrected chi connectivity index (χ1v) is 10.4. The lowest BCUT2D eigenvalue weighted by atomic mass is 9.46. The Morgan fingerprint density at radius 2 is 2.22 bits per heavy atom. The smallest absolute Gasteiger partial charge is 0.191 e. The average molecular weight is 372 g/mol. The normalized spacial score (nSPS) is 29.5. The molecule has 0 radical (unpaired) electrons. The van der Waals surface area contributed by atoms with E-state index in [4.69, 9.17) is 14.5 Å². The molecule has 3 aliphatic rings. The largest absolute Gasteiger partial charge is 0.496 e. The van der Waals surface area contributed by atoms with E-state index >= 15 is 0 Å². The molecule has 4 unspecified atom stereocenters. The van der Waals surface area contributed by atoms with Gasteiger partial charge < -0.3 is 20.1 Å². The summed E-state index contributed by atoms with van der Waals surface area (Å²) in [7, 11) is 1.73. The molecule has 1 aromatic rings. The maximum absolute atomic E-state index is 6.06. The Hall–Kier alpha value is -1.75. The van der Waals surface area contributed by atoms with Crippen molar-refractivity contribution in [3.63, 3.8) is 0 Å². The number of hydrogen-bond acceptors (Lipinski definition) is 3. The quantitative estimate of drug-likeness (QED) is 0.614. The lowest BCUT2D eigenvalue weighted by Crippen LogP contribution is -2.72. The highest BCUT2D eigenvalue weighted by Gasteiger charge is 2.66. The van der Waals surface area contributed by atoms with Crippen molar-refractivity contribution in [3.05, 3.63) is 29.3 Å². The molecule has 0 amide bonds. The van der Waals surface area contributed by atoms with Gasteiger partial charge in [-0.25, -0.2) is 0 Å². The van der Waals surface area contributed by atoms with Gasteiger partial charge in [0.2, 0.25) is 0 Å². The molecule has 148 valence electrons. The van der Waals surface area contributed by atoms with Gasteiger partial charge in [-0.1, -0.05) is 24.1 Å². The van der Waals surface area contributed by atoms with E-state index < -0.39 is 0 Å². The number of guanidine groups is 1. The fourth-order valence-electron chi connectivity index (χ4n) is 5.37. The molecule has 5 nitrogen and oxygen atoms in total. The van der Waals surface area contributed by atoms with Crippen molar-refractivity contribution in [2.75, 3.05) is 20.3 Å². The molecule has 1 saturated heterocycles. The molecule has 2 N–H and O–H groups in total. The van der Waals surface area contributed by atoms with E-state index in [0.717, 1.165) is 30.4 Å². The van der Waals surface area contributed by atoms with Gasteiger partial charge >= 0.3 is 0 Å². The highest BCUT2D eigenvalue weighted by atomic mass is 16.5. The van der Waals surface area contributed by atoms with E-state index in [1.807, 2.05) is 6.07 Å². The molecule has 3 fully saturated rings. The van der Waals surface area contributed by atoms with Crippen LogP contribution in [0.5, 0.6) is 5.75 Å². The van der Waals surface area contributed by atoms with Crippen molar-refractivity contribution in [2.45, 2.75) is 64.6 Å². The second-order valence-electron chi connectivity index (χ2n) is 8.39. The third-order valence-corrected chi connectivity index (χ3v) is 6.85. The summed E-state index contributed by atoms with van der Waals surface area (Å²) in [5.41, 5.74) is 2.75. The topological polar surface area (TPSA) is 54.9 Å². The van der Waals surface area contributed by atoms with Crippen molar-refractivity contribution in [3.8, 4) is 5.75 Å². The van der Waals surface area contributed by atoms with Gasteiger partial charge in [-0.2, -0.15) is 0 Å². The van der Waals surface area contributed by atoms with Crippen LogP contribution in [0, 0.1) is 18.3 Å². The summed E-state index contributed by atoms with van der Waals surface area (Å²) >= 11 is 0. The number of hydrogen-bond donors (Lipinski definition) is 2. The third kappa shape index (κ3) is 3.10. The molecule has 27 heavy (non-hydrogen) atoms. The van der Waals surface area contributed by atoms with Gasteiger partial charge in [-0.3, -0.25) is 4.99 Å². The van der Waals surface area contributed by atoms with Crippen LogP contribution in [0.15, 0.2) is 23.2 Å². The minimum atomic E-state index is 0.116. The van der Waals surface area contributed by atoms with Crippen LogP contribution < -0.4 is 15.4 Å². The Morgan fingerprint density at radius 3 is 2.89 bits per heavy atom. The first-order valence-electron chi connectivity index (χ1n) is 10.4. The molecule has 5 heteroatoms. The Kier molecular flexibility index (Phi) is 5.06. The van der Waals surface area contributed by atoms with Crippen LogP contribution in [0.2, 0.25) is 0 Å². The number of nitrogens with zero attached hydrogens (tertiary/aromatic N) is 1. The summed E-state index contributed by atoms with van der Waals surface area (Å²) in [6.07, 6.45) is 5.54. The monoisotopic (exact) mass is 371 g/mol. The molecule has 0 bridgehead atoms. The minimum Gasteiger partial charge on any atom is -0.496 e. The number of nitrogens with one attached hydrogen (secondary N) is 2. The number of rotatable bonds is 5. The van der Waals surface area contributed by atoms with Crippen molar-refractivity contribution in [1.82, 2.24) is 10.6 Å². The van der Waals surface area contributed by atoms with Gasteiger partial charge in [-0.15, -0.1) is 0 Å². The first kappa shape index (κ1) is 18.6. The molecule has 0 aromatic heterocycles. The second-order valence-corrected chi connectivity index (χ2v) is 8.39. The molecule has 2 aliphatic carbocycles. The highest BCUT2D eigenvalue weighted by Crippen LogP contribution is 2.62. The molecule has 4 rings (SSSR count). The minimum absolute atomic E-state index is 0.116. The fraction of sp³-hybridized carbons (Fsp3) is 0.682. The van der Waals surface area contributed by atoms with Gasteiger partial charge in [0.15, 0.2) is 5.96 Å². The number of fused-ring (bicyclic) bond motifs is 2. The number of aryl methyl sites for hydroxylation is 1. The summed E-state index contributed by atoms with van der Waals surface area (Å²) in [6.45, 7) is 8.05. The molecule has 1 spiro atoms. The molecule has 1 aromatic carbocycles. The van der Waals surface area contributed by atoms with Crippen LogP contribution in [-0.4, -0.2) is 38.4 Å². The summed E-state index contributed by atoms with van der Waals surface area (Å²) in [5, 5.41) is 7.41. The molecule has 1 aliphatic heterocycles. The van der Waals surface area contributed by atoms with Crippen LogP contribution in [0.3, 0.4) is 0 Å². The van der Waals surface area contributed by atoms with Crippen molar-refractivity contribution < 1.29 is 9.47 Å². The van der Waals surface area contributed by atoms with E-state index in [-0.39, 0.29) is 6.04 Å². The van der Waals surface area contributed by atoms with Gasteiger partial charge in [0.25, 0.3) is 0 Å². The zero-order chi connectivity index (χ0) is 19.0. The van der Waals surface area contributed by atoms with Crippen LogP contribution >= 0.6 is 0 Å². The maximum Gasteiger partial charge on any atom is 0.191 e. The van der Waals surface area contributed by atoms with Crippen LogP contribution in [-0.2, 0) is 4.74 Å². The molecule has 1 heterocycles. The summed E-state index contributed by atoms with van der Waals surface area (Å²) < 4.78 is 11.6. The van der Waals surface area contributed by atoms with Crippen molar-refractivity contribution in [2.24, 2.45) is 16.3 Å². The van der Waals surface area contributed by atoms with Gasteiger partial charge in [0.05, 0.1) is 19.3 Å². The molecule has 2 saturated carbocycles. The number of methoxy groups -OCH3 is 1. The van der Waals surface area contributed by atoms with Gasteiger partial charge in [-0.05, 0) is 46.1 Å². The van der Waals surface area contributed by atoms with Crippen LogP contribution in [0.4, 0.5) is 0 Å². The fourth-order valence-corrected chi connectivity index (χ4v) is 5.37. The highest BCUT2D eigenvalue weighted by molar-refractivity contribution is 5.81. The summed E-state index contributed by atoms with van der Waals surface area (Å²) in [4.78, 5) is 4.74. The zero-order valence-corrected chi connectivity index (χ0v) is 17.0. The third-order valence-electron chi connectivity index (χ3n) is 6.85. The predicted molar refractivity (Wildman–Crippen MR) is 108 cm³/mol. The molecular weight excluding hydrogens is 338 g/mol.